The zero-order valence-electron chi connectivity index (χ0n) is 30.9. The summed E-state index contributed by atoms with van der Waals surface area (Å²) >= 11 is 0. The molecule has 262 valence electrons. The molecule has 0 aromatic heterocycles. The molecule has 0 unspecified atom stereocenters. The number of hydrogen-bond acceptors (Lipinski definition) is 5. The first kappa shape index (κ1) is 37.2. The average Bonchev–Trinajstić information content (AvgIpc) is 3.31. The molecule has 45 heavy (non-hydrogen) atoms. The number of rotatable bonds is 14. The minimum absolute atomic E-state index is 0.0424. The van der Waals surface area contributed by atoms with Gasteiger partial charge in [-0.05, 0) is 131 Å². The second-order valence-electron chi connectivity index (χ2n) is 18.7. The van der Waals surface area contributed by atoms with Crippen LogP contribution >= 0.6 is 0 Å². The molecular formula is C40H72O5. The van der Waals surface area contributed by atoms with Crippen molar-refractivity contribution in [3.63, 3.8) is 0 Å². The molecule has 0 heterocycles. The van der Waals surface area contributed by atoms with Gasteiger partial charge in [-0.3, -0.25) is 4.79 Å². The van der Waals surface area contributed by atoms with Crippen molar-refractivity contribution in [3.8, 4) is 0 Å². The smallest absolute Gasteiger partial charge is 0.306 e. The summed E-state index contributed by atoms with van der Waals surface area (Å²) < 4.78 is 6.65. The van der Waals surface area contributed by atoms with Crippen LogP contribution in [0.1, 0.15) is 178 Å². The van der Waals surface area contributed by atoms with Gasteiger partial charge < -0.3 is 20.1 Å². The van der Waals surface area contributed by atoms with Crippen LogP contribution < -0.4 is 0 Å². The molecule has 0 aromatic carbocycles. The quantitative estimate of drug-likeness (QED) is 0.131. The molecule has 3 N–H and O–H groups in total. The van der Waals surface area contributed by atoms with Gasteiger partial charge in [-0.1, -0.05) is 80.1 Å². The van der Waals surface area contributed by atoms with Crippen molar-refractivity contribution in [2.75, 3.05) is 0 Å². The van der Waals surface area contributed by atoms with Crippen LogP contribution in [0, 0.1) is 45.3 Å². The van der Waals surface area contributed by atoms with Crippen LogP contribution in [0.4, 0.5) is 0 Å². The van der Waals surface area contributed by atoms with Crippen molar-refractivity contribution < 1.29 is 24.9 Å². The molecule has 0 amide bonds. The Hall–Kier alpha value is -0.650. The molecule has 5 nitrogen and oxygen atoms in total. The van der Waals surface area contributed by atoms with Gasteiger partial charge in [0, 0.05) is 12.3 Å². The first-order valence-corrected chi connectivity index (χ1v) is 19.2. The van der Waals surface area contributed by atoms with Crippen molar-refractivity contribution in [1.82, 2.24) is 0 Å². The van der Waals surface area contributed by atoms with Crippen molar-refractivity contribution in [2.24, 2.45) is 45.3 Å². The second kappa shape index (κ2) is 13.7. The van der Waals surface area contributed by atoms with E-state index in [-0.39, 0.29) is 51.7 Å². The Balaban J connectivity index is 1.60. The minimum Gasteiger partial charge on any atom is -0.462 e. The van der Waals surface area contributed by atoms with E-state index in [9.17, 15) is 20.1 Å². The van der Waals surface area contributed by atoms with Crippen LogP contribution in [0.15, 0.2) is 0 Å². The van der Waals surface area contributed by atoms with Crippen LogP contribution in [0.3, 0.4) is 0 Å². The molecule has 5 heteroatoms. The van der Waals surface area contributed by atoms with Crippen molar-refractivity contribution in [1.29, 1.82) is 0 Å². The molecule has 4 fully saturated rings. The highest BCUT2D eigenvalue weighted by Gasteiger charge is 2.72. The van der Waals surface area contributed by atoms with E-state index in [1.54, 1.807) is 0 Å². The SMILES string of the molecule is CCCCCCCCCC(=O)O[C@@H]1C[C@@H]2[C@@]3(C)CC[C@H](O)C(C)(C)[C@@H]3CC[C@@]2(C)[C@]2(C)CC[C@H]([C@](C)(O)CCCC(C)(C)O)[C@@H]12. The molecule has 0 aromatic rings. The number of aliphatic hydroxyl groups is 3. The molecule has 4 saturated carbocycles. The van der Waals surface area contributed by atoms with Gasteiger partial charge >= 0.3 is 5.97 Å². The van der Waals surface area contributed by atoms with E-state index in [2.05, 4.69) is 41.5 Å². The van der Waals surface area contributed by atoms with Crippen molar-refractivity contribution >= 4 is 5.97 Å². The van der Waals surface area contributed by atoms with E-state index < -0.39 is 11.2 Å². The first-order chi connectivity index (χ1) is 20.8. The van der Waals surface area contributed by atoms with E-state index >= 15 is 0 Å². The lowest BCUT2D eigenvalue weighted by Crippen LogP contribution is -2.67. The van der Waals surface area contributed by atoms with Gasteiger partial charge in [-0.25, -0.2) is 0 Å². The summed E-state index contributed by atoms with van der Waals surface area (Å²) in [5.41, 5.74) is -1.62. The summed E-state index contributed by atoms with van der Waals surface area (Å²) in [6.07, 6.45) is 17.4. The van der Waals surface area contributed by atoms with Gasteiger partial charge in [0.2, 0.25) is 0 Å². The van der Waals surface area contributed by atoms with E-state index in [1.165, 1.54) is 32.1 Å². The fraction of sp³-hybridized carbons (Fsp3) is 0.975. The summed E-state index contributed by atoms with van der Waals surface area (Å²) in [6.45, 7) is 20.1. The van der Waals surface area contributed by atoms with E-state index in [1.807, 2.05) is 20.8 Å². The number of hydrogen-bond donors (Lipinski definition) is 3. The van der Waals surface area contributed by atoms with Crippen LogP contribution in [0.25, 0.3) is 0 Å². The van der Waals surface area contributed by atoms with Crippen LogP contribution in [0.2, 0.25) is 0 Å². The molecular weight excluding hydrogens is 560 g/mol. The minimum atomic E-state index is -0.877. The highest BCUT2D eigenvalue weighted by molar-refractivity contribution is 5.69. The van der Waals surface area contributed by atoms with Gasteiger partial charge in [-0.15, -0.1) is 0 Å². The van der Waals surface area contributed by atoms with Gasteiger partial charge in [0.05, 0.1) is 17.3 Å². The molecule has 4 aliphatic rings. The second-order valence-corrected chi connectivity index (χ2v) is 18.7. The number of aliphatic hydroxyl groups excluding tert-OH is 1. The van der Waals surface area contributed by atoms with E-state index in [0.29, 0.717) is 31.1 Å². The third kappa shape index (κ3) is 7.22. The Kier molecular flexibility index (Phi) is 11.3. The maximum absolute atomic E-state index is 13.6. The number of esters is 1. The predicted octanol–water partition coefficient (Wildman–Crippen LogP) is 9.39. The molecule has 0 radical (unpaired) electrons. The topological polar surface area (TPSA) is 87.0 Å². The Labute approximate surface area is 277 Å². The fourth-order valence-electron chi connectivity index (χ4n) is 12.1. The number of ether oxygens (including phenoxy) is 1. The van der Waals surface area contributed by atoms with Crippen molar-refractivity contribution in [2.45, 2.75) is 201 Å². The maximum atomic E-state index is 13.6. The number of carbonyl (C=O) groups is 1. The lowest BCUT2D eigenvalue weighted by molar-refractivity contribution is -0.251. The molecule has 4 aliphatic carbocycles. The monoisotopic (exact) mass is 633 g/mol. The summed E-state index contributed by atoms with van der Waals surface area (Å²) in [5, 5.41) is 33.6. The molecule has 0 bridgehead atoms. The molecule has 10 atom stereocenters. The van der Waals surface area contributed by atoms with E-state index in [0.717, 1.165) is 64.2 Å². The maximum Gasteiger partial charge on any atom is 0.306 e. The fourth-order valence-corrected chi connectivity index (χ4v) is 12.1. The lowest BCUT2D eigenvalue weighted by Gasteiger charge is -2.70. The summed E-state index contributed by atoms with van der Waals surface area (Å²) in [6, 6.07) is 0. The summed E-state index contributed by atoms with van der Waals surface area (Å²) in [7, 11) is 0. The third-order valence-corrected chi connectivity index (χ3v) is 14.9. The first-order valence-electron chi connectivity index (χ1n) is 19.2. The third-order valence-electron chi connectivity index (χ3n) is 14.9. The largest absolute Gasteiger partial charge is 0.462 e. The Morgan fingerprint density at radius 1 is 0.778 bits per heavy atom. The number of unbranched alkanes of at least 4 members (excludes halogenated alkanes) is 6. The van der Waals surface area contributed by atoms with Gasteiger partial charge in [-0.2, -0.15) is 0 Å². The summed E-state index contributed by atoms with van der Waals surface area (Å²) in [5.74, 6) is 0.985. The zero-order chi connectivity index (χ0) is 33.5. The lowest BCUT2D eigenvalue weighted by atomic mass is 9.35. The molecule has 0 saturated heterocycles. The van der Waals surface area contributed by atoms with Gasteiger partial charge in [0.15, 0.2) is 0 Å². The predicted molar refractivity (Wildman–Crippen MR) is 184 cm³/mol. The highest BCUT2D eigenvalue weighted by atomic mass is 16.5. The van der Waals surface area contributed by atoms with Crippen LogP contribution in [-0.4, -0.2) is 44.7 Å². The Morgan fingerprint density at radius 2 is 1.40 bits per heavy atom. The van der Waals surface area contributed by atoms with Crippen LogP contribution in [0.5, 0.6) is 0 Å². The van der Waals surface area contributed by atoms with Gasteiger partial charge in [0.1, 0.15) is 6.10 Å². The molecule has 0 aliphatic heterocycles. The summed E-state index contributed by atoms with van der Waals surface area (Å²) in [4.78, 5) is 13.6. The normalized spacial score (nSPS) is 40.6. The number of fused-ring (bicyclic) bond motifs is 5. The van der Waals surface area contributed by atoms with Gasteiger partial charge in [0.25, 0.3) is 0 Å². The van der Waals surface area contributed by atoms with Crippen molar-refractivity contribution in [3.05, 3.63) is 0 Å². The standard InChI is InChI=1S/C40H72O5/c1-10-11-12-13-14-15-16-18-33(42)45-29-27-31-37(6)24-21-32(41)36(4,5)30(37)20-26-38(31,7)39(8)25-19-28(34(29)39)40(9,44)23-17-22-35(2,3)43/h28-32,34,41,43-44H,10-27H2,1-9H3/t28-,29+,30-,31+,32-,34-,37-,38+,39+,40+/m0/s1. The average molecular weight is 633 g/mol. The Bertz CT molecular complexity index is 997. The van der Waals surface area contributed by atoms with Crippen LogP contribution in [-0.2, 0) is 9.53 Å². The molecule has 4 rings (SSSR count). The van der Waals surface area contributed by atoms with E-state index in [4.69, 9.17) is 4.74 Å². The zero-order valence-corrected chi connectivity index (χ0v) is 30.9. The Morgan fingerprint density at radius 3 is 2.04 bits per heavy atom. The highest BCUT2D eigenvalue weighted by Crippen LogP contribution is 2.76. The molecule has 0 spiro atoms. The number of carbonyl (C=O) groups excluding carboxylic acids is 1.